The summed E-state index contributed by atoms with van der Waals surface area (Å²) in [5.74, 6) is -1.01. The van der Waals surface area contributed by atoms with Crippen LogP contribution >= 0.6 is 11.3 Å². The first-order valence-corrected chi connectivity index (χ1v) is 17.7. The number of anilines is 1. The smallest absolute Gasteiger partial charge is 0.330 e. The Labute approximate surface area is 308 Å². The van der Waals surface area contributed by atoms with Crippen LogP contribution in [-0.4, -0.2) is 63.1 Å². The number of rotatable bonds is 13. The van der Waals surface area contributed by atoms with Crippen LogP contribution in [0.1, 0.15) is 51.4 Å². The number of carboxylic acids is 1. The molecule has 1 aliphatic carbocycles. The Hall–Kier alpha value is -6.33. The molecule has 53 heavy (non-hydrogen) atoms. The number of carbonyl (C=O) groups is 2. The van der Waals surface area contributed by atoms with Gasteiger partial charge in [0.2, 0.25) is 5.36 Å². The van der Waals surface area contributed by atoms with Crippen LogP contribution in [0.15, 0.2) is 71.1 Å². The van der Waals surface area contributed by atoms with Gasteiger partial charge in [0.1, 0.15) is 36.2 Å². The van der Waals surface area contributed by atoms with Crippen LogP contribution < -0.4 is 30.0 Å². The predicted molar refractivity (Wildman–Crippen MR) is 201 cm³/mol. The number of aromatic nitrogens is 1. The summed E-state index contributed by atoms with van der Waals surface area (Å²) in [6.45, 7) is 0.655. The number of hydrogen-bond donors (Lipinski definition) is 1. The molecule has 3 aromatic carbocycles. The number of nitriles is 1. The van der Waals surface area contributed by atoms with Crippen LogP contribution in [-0.2, 0) is 0 Å². The van der Waals surface area contributed by atoms with Crippen LogP contribution in [0.25, 0.3) is 43.6 Å². The quantitative estimate of drug-likeness (QED) is 0.0530. The monoisotopic (exact) mass is 732 g/mol. The minimum Gasteiger partial charge on any atom is -0.545 e. The lowest BCUT2D eigenvalue weighted by Gasteiger charge is -2.20. The second-order valence-corrected chi connectivity index (χ2v) is 13.8. The number of amides is 1. The van der Waals surface area contributed by atoms with E-state index in [0.717, 1.165) is 35.2 Å². The lowest BCUT2D eigenvalue weighted by Crippen LogP contribution is -2.26. The van der Waals surface area contributed by atoms with Crippen molar-refractivity contribution in [1.29, 1.82) is 5.26 Å². The number of nitro groups is 1. The molecule has 1 aliphatic heterocycles. The maximum Gasteiger partial charge on any atom is 0.330 e. The SMILES string of the molecule is CN(C)c1ccc2c(-c3cc(C(=O)NCCCCCCOc4ccc5nc(C#N)sc5c4[N+](=O)[O-])ccc3C(=O)[O-])c3ccc(=[N+](C)C)cc-3oc2c1. The number of benzene rings is 4. The molecule has 0 saturated carbocycles. The minimum absolute atomic E-state index is 0.0461. The molecule has 1 N–H and O–H groups in total. The fraction of sp³-hybridized carbons (Fsp3) is 0.256. The van der Waals surface area contributed by atoms with Gasteiger partial charge in [-0.05, 0) is 60.9 Å². The zero-order chi connectivity index (χ0) is 37.8. The summed E-state index contributed by atoms with van der Waals surface area (Å²) in [5, 5.41) is 38.0. The highest BCUT2D eigenvalue weighted by Crippen LogP contribution is 2.42. The Morgan fingerprint density at radius 1 is 1.00 bits per heavy atom. The van der Waals surface area contributed by atoms with E-state index >= 15 is 0 Å². The molecule has 14 heteroatoms. The van der Waals surface area contributed by atoms with E-state index in [1.54, 1.807) is 12.1 Å². The number of nitrogens with zero attached hydrogens (tertiary/aromatic N) is 5. The maximum absolute atomic E-state index is 13.4. The van der Waals surface area contributed by atoms with Crippen molar-refractivity contribution in [2.45, 2.75) is 25.7 Å². The first-order chi connectivity index (χ1) is 25.5. The van der Waals surface area contributed by atoms with Crippen molar-refractivity contribution in [3.8, 4) is 34.3 Å². The number of nitro benzene ring substituents is 1. The zero-order valence-electron chi connectivity index (χ0n) is 29.6. The standard InChI is InChI=1S/C39H36N6O7S/c1-43(2)24-10-13-27-32(20-24)52-33-21-25(44(3)4)11-14-28(33)35(27)29-19-23(9-12-26(29)39(47)48)38(46)41-17-7-5-6-8-18-51-31-16-15-30-37(36(31)45(49)50)53-34(22-40)42-30/h9-16,19-21H,5-8,17-18H2,1-4H3,(H-,41,46,47,48). The van der Waals surface area contributed by atoms with Gasteiger partial charge in [0.25, 0.3) is 5.91 Å². The first-order valence-electron chi connectivity index (χ1n) is 16.9. The highest BCUT2D eigenvalue weighted by atomic mass is 32.1. The Bertz CT molecular complexity index is 2480. The topological polar surface area (TPSA) is 178 Å². The van der Waals surface area contributed by atoms with Gasteiger partial charge < -0.3 is 29.3 Å². The van der Waals surface area contributed by atoms with Gasteiger partial charge >= 0.3 is 5.69 Å². The lowest BCUT2D eigenvalue weighted by molar-refractivity contribution is -0.383. The van der Waals surface area contributed by atoms with Crippen molar-refractivity contribution in [3.63, 3.8) is 0 Å². The third kappa shape index (κ3) is 7.65. The Balaban J connectivity index is 1.15. The molecule has 13 nitrogen and oxygen atoms in total. The molecule has 4 aromatic rings. The molecule has 0 bridgehead atoms. The molecule has 1 amide bonds. The normalized spacial score (nSPS) is 11.1. The van der Waals surface area contributed by atoms with E-state index in [4.69, 9.17) is 14.4 Å². The van der Waals surface area contributed by atoms with Crippen molar-refractivity contribution in [1.82, 2.24) is 14.9 Å². The zero-order valence-corrected chi connectivity index (χ0v) is 30.4. The van der Waals surface area contributed by atoms with E-state index in [1.807, 2.05) is 80.1 Å². The highest BCUT2D eigenvalue weighted by Gasteiger charge is 2.24. The van der Waals surface area contributed by atoms with Gasteiger partial charge in [-0.3, -0.25) is 14.9 Å². The summed E-state index contributed by atoms with van der Waals surface area (Å²) in [6.07, 6.45) is 2.85. The molecule has 0 spiro atoms. The van der Waals surface area contributed by atoms with Crippen LogP contribution in [0.4, 0.5) is 11.4 Å². The van der Waals surface area contributed by atoms with Crippen molar-refractivity contribution in [3.05, 3.63) is 98.3 Å². The number of unbranched alkanes of at least 4 members (excludes halogenated alkanes) is 3. The summed E-state index contributed by atoms with van der Waals surface area (Å²) in [7, 11) is 7.70. The maximum atomic E-state index is 13.4. The number of carboxylic acid groups (broad SMARTS) is 1. The van der Waals surface area contributed by atoms with Crippen molar-refractivity contribution >= 4 is 55.8 Å². The molecule has 0 fully saturated rings. The van der Waals surface area contributed by atoms with E-state index in [0.29, 0.717) is 68.6 Å². The van der Waals surface area contributed by atoms with Gasteiger partial charge in [0.05, 0.1) is 29.1 Å². The van der Waals surface area contributed by atoms with Crippen LogP contribution in [0.5, 0.6) is 5.75 Å². The Kier molecular flexibility index (Phi) is 10.7. The van der Waals surface area contributed by atoms with E-state index in [1.165, 1.54) is 18.2 Å². The molecule has 0 saturated heterocycles. The number of ether oxygens (including phenoxy) is 1. The summed E-state index contributed by atoms with van der Waals surface area (Å²) in [4.78, 5) is 43.1. The first kappa shape index (κ1) is 36.5. The number of fused-ring (bicyclic) bond motifs is 3. The molecule has 270 valence electrons. The van der Waals surface area contributed by atoms with Crippen molar-refractivity contribution in [2.75, 3.05) is 46.2 Å². The third-order valence-electron chi connectivity index (χ3n) is 8.88. The van der Waals surface area contributed by atoms with Gasteiger partial charge in [-0.1, -0.05) is 30.2 Å². The molecule has 0 unspecified atom stereocenters. The van der Waals surface area contributed by atoms with Gasteiger partial charge in [-0.15, -0.1) is 0 Å². The molecule has 0 atom stereocenters. The van der Waals surface area contributed by atoms with E-state index in [2.05, 4.69) is 10.3 Å². The fourth-order valence-corrected chi connectivity index (χ4v) is 7.02. The number of hydrogen-bond acceptors (Lipinski definition) is 11. The van der Waals surface area contributed by atoms with Crippen LogP contribution in [0.3, 0.4) is 0 Å². The van der Waals surface area contributed by atoms with Crippen molar-refractivity contribution < 1.29 is 28.8 Å². The number of thiazole rings is 1. The molecule has 6 rings (SSSR count). The van der Waals surface area contributed by atoms with E-state index in [9.17, 15) is 24.8 Å². The Morgan fingerprint density at radius 2 is 1.79 bits per heavy atom. The van der Waals surface area contributed by atoms with Gasteiger partial charge in [-0.2, -0.15) is 5.26 Å². The molecule has 0 radical (unpaired) electrons. The van der Waals surface area contributed by atoms with Gasteiger partial charge in [-0.25, -0.2) is 9.56 Å². The summed E-state index contributed by atoms with van der Waals surface area (Å²) in [5.41, 5.74) is 3.58. The molecular weight excluding hydrogens is 697 g/mol. The number of aromatic carboxylic acids is 1. The molecule has 2 heterocycles. The highest BCUT2D eigenvalue weighted by molar-refractivity contribution is 7.19. The summed E-state index contributed by atoms with van der Waals surface area (Å²) < 4.78 is 14.4. The van der Waals surface area contributed by atoms with Crippen LogP contribution in [0, 0.1) is 21.4 Å². The fourth-order valence-electron chi connectivity index (χ4n) is 6.15. The molecular formula is C39H36N6O7S. The van der Waals surface area contributed by atoms with Gasteiger partial charge in [0, 0.05) is 66.1 Å². The predicted octanol–water partition coefficient (Wildman–Crippen LogP) is 5.42. The molecule has 1 aromatic heterocycles. The Morgan fingerprint density at radius 3 is 2.51 bits per heavy atom. The minimum atomic E-state index is -1.36. The average Bonchev–Trinajstić information content (AvgIpc) is 3.57. The van der Waals surface area contributed by atoms with Gasteiger partial charge in [0.15, 0.2) is 10.8 Å². The van der Waals surface area contributed by atoms with Crippen molar-refractivity contribution in [2.24, 2.45) is 0 Å². The summed E-state index contributed by atoms with van der Waals surface area (Å²) >= 11 is 0.960. The third-order valence-corrected chi connectivity index (χ3v) is 9.86. The largest absolute Gasteiger partial charge is 0.545 e. The van der Waals surface area contributed by atoms with E-state index < -0.39 is 10.9 Å². The average molecular weight is 733 g/mol. The number of carbonyl (C=O) groups excluding carboxylic acids is 2. The van der Waals surface area contributed by atoms with Crippen LogP contribution in [0.2, 0.25) is 0 Å². The second-order valence-electron chi connectivity index (χ2n) is 12.8. The number of nitrogens with one attached hydrogen (secondary N) is 1. The lowest BCUT2D eigenvalue weighted by atomic mass is 9.89. The van der Waals surface area contributed by atoms with E-state index in [-0.39, 0.29) is 34.5 Å². The second kappa shape index (κ2) is 15.5. The summed E-state index contributed by atoms with van der Waals surface area (Å²) in [6, 6.07) is 21.0. The molecule has 2 aliphatic rings.